The van der Waals surface area contributed by atoms with Gasteiger partial charge in [-0.15, -0.1) is 11.3 Å². The van der Waals surface area contributed by atoms with Crippen LogP contribution in [-0.2, 0) is 16.6 Å². The zero-order chi connectivity index (χ0) is 11.3. The summed E-state index contributed by atoms with van der Waals surface area (Å²) in [7, 11) is -1.62. The van der Waals surface area contributed by atoms with Gasteiger partial charge in [0.1, 0.15) is 0 Å². The molecular weight excluding hydrogens is 234 g/mol. The highest BCUT2D eigenvalue weighted by Gasteiger charge is 2.17. The summed E-state index contributed by atoms with van der Waals surface area (Å²) < 4.78 is 24.6. The van der Waals surface area contributed by atoms with E-state index in [0.717, 1.165) is 5.69 Å². The molecule has 0 saturated heterocycles. The van der Waals surface area contributed by atoms with Crippen molar-refractivity contribution in [3.63, 3.8) is 0 Å². The highest BCUT2D eigenvalue weighted by atomic mass is 32.2. The predicted octanol–water partition coefficient (Wildman–Crippen LogP) is 0.254. The molecule has 0 aliphatic heterocycles. The Bertz CT molecular complexity index is 375. The fraction of sp³-hybridized carbons (Fsp3) is 0.625. The van der Waals surface area contributed by atoms with Crippen LogP contribution >= 0.6 is 11.3 Å². The summed E-state index contributed by atoms with van der Waals surface area (Å²) >= 11 is 1.46. The van der Waals surface area contributed by atoms with Crippen LogP contribution in [0.25, 0.3) is 0 Å². The van der Waals surface area contributed by atoms with E-state index in [4.69, 9.17) is 5.73 Å². The van der Waals surface area contributed by atoms with Crippen molar-refractivity contribution in [3.8, 4) is 0 Å². The molecule has 0 aliphatic rings. The normalized spacial score (nSPS) is 12.2. The summed E-state index contributed by atoms with van der Waals surface area (Å²) in [5, 5.41) is 1.84. The molecule has 1 rings (SSSR count). The average molecular weight is 249 g/mol. The van der Waals surface area contributed by atoms with Gasteiger partial charge in [0.15, 0.2) is 0 Å². The molecule has 2 N–H and O–H groups in total. The van der Waals surface area contributed by atoms with Gasteiger partial charge in [-0.05, 0) is 13.0 Å². The van der Waals surface area contributed by atoms with E-state index in [1.165, 1.54) is 15.6 Å². The van der Waals surface area contributed by atoms with E-state index in [-0.39, 0.29) is 5.75 Å². The van der Waals surface area contributed by atoms with Gasteiger partial charge >= 0.3 is 0 Å². The number of sulfonamides is 1. The monoisotopic (exact) mass is 249 g/mol. The van der Waals surface area contributed by atoms with E-state index in [0.29, 0.717) is 19.5 Å². The Morgan fingerprint density at radius 2 is 2.33 bits per heavy atom. The number of hydrogen-bond donors (Lipinski definition) is 1. The minimum atomic E-state index is -3.18. The molecule has 0 aliphatic carbocycles. The summed E-state index contributed by atoms with van der Waals surface area (Å²) in [4.78, 5) is 4.04. The number of nitrogens with zero attached hydrogens (tertiary/aromatic N) is 2. The van der Waals surface area contributed by atoms with Crippen molar-refractivity contribution < 1.29 is 8.42 Å². The van der Waals surface area contributed by atoms with Crippen LogP contribution in [0.4, 0.5) is 0 Å². The van der Waals surface area contributed by atoms with Crippen molar-refractivity contribution >= 4 is 21.4 Å². The molecule has 0 amide bonds. The third-order valence-electron chi connectivity index (χ3n) is 1.95. The SMILES string of the molecule is CN(Cc1cscn1)S(=O)(=O)CCCN. The molecule has 1 heterocycles. The molecule has 0 saturated carbocycles. The maximum atomic E-state index is 11.7. The van der Waals surface area contributed by atoms with Gasteiger partial charge in [0.25, 0.3) is 0 Å². The van der Waals surface area contributed by atoms with Crippen LogP contribution in [0.5, 0.6) is 0 Å². The molecule has 0 fully saturated rings. The Morgan fingerprint density at radius 1 is 1.60 bits per heavy atom. The highest BCUT2D eigenvalue weighted by molar-refractivity contribution is 7.89. The Kier molecular flexibility index (Phi) is 4.65. The van der Waals surface area contributed by atoms with Gasteiger partial charge in [0.05, 0.1) is 23.5 Å². The Balaban J connectivity index is 2.56. The van der Waals surface area contributed by atoms with Gasteiger partial charge in [-0.1, -0.05) is 0 Å². The van der Waals surface area contributed by atoms with Crippen molar-refractivity contribution in [3.05, 3.63) is 16.6 Å². The Hall–Kier alpha value is -0.500. The van der Waals surface area contributed by atoms with Crippen molar-refractivity contribution in [2.75, 3.05) is 19.3 Å². The van der Waals surface area contributed by atoms with Crippen molar-refractivity contribution in [1.29, 1.82) is 0 Å². The predicted molar refractivity (Wildman–Crippen MR) is 61.0 cm³/mol. The van der Waals surface area contributed by atoms with Crippen LogP contribution in [0.1, 0.15) is 12.1 Å². The van der Waals surface area contributed by atoms with Crippen molar-refractivity contribution in [1.82, 2.24) is 9.29 Å². The van der Waals surface area contributed by atoms with Crippen molar-refractivity contribution in [2.45, 2.75) is 13.0 Å². The first-order valence-corrected chi connectivity index (χ1v) is 7.12. The van der Waals surface area contributed by atoms with Gasteiger partial charge in [0, 0.05) is 12.4 Å². The van der Waals surface area contributed by atoms with Crippen LogP contribution in [0.3, 0.4) is 0 Å². The lowest BCUT2D eigenvalue weighted by Crippen LogP contribution is -2.29. The third kappa shape index (κ3) is 3.86. The van der Waals surface area contributed by atoms with Crippen LogP contribution in [-0.4, -0.2) is 37.1 Å². The van der Waals surface area contributed by atoms with Gasteiger partial charge in [0.2, 0.25) is 10.0 Å². The second kappa shape index (κ2) is 5.55. The first-order chi connectivity index (χ1) is 7.06. The lowest BCUT2D eigenvalue weighted by Gasteiger charge is -2.15. The Labute approximate surface area is 94.0 Å². The summed E-state index contributed by atoms with van der Waals surface area (Å²) in [6.45, 7) is 0.722. The van der Waals surface area contributed by atoms with Crippen LogP contribution in [0, 0.1) is 0 Å². The maximum Gasteiger partial charge on any atom is 0.214 e. The second-order valence-corrected chi connectivity index (χ2v) is 6.11. The fourth-order valence-corrected chi connectivity index (χ4v) is 2.79. The summed E-state index contributed by atoms with van der Waals surface area (Å²) in [5.41, 5.74) is 7.75. The highest BCUT2D eigenvalue weighted by Crippen LogP contribution is 2.08. The largest absolute Gasteiger partial charge is 0.330 e. The zero-order valence-electron chi connectivity index (χ0n) is 8.59. The van der Waals surface area contributed by atoms with E-state index in [1.807, 2.05) is 5.38 Å². The molecule has 0 spiro atoms. The van der Waals surface area contributed by atoms with Gasteiger partial charge in [-0.3, -0.25) is 0 Å². The van der Waals surface area contributed by atoms with E-state index >= 15 is 0 Å². The number of aromatic nitrogens is 1. The molecule has 5 nitrogen and oxygen atoms in total. The third-order valence-corrected chi connectivity index (χ3v) is 4.47. The lowest BCUT2D eigenvalue weighted by molar-refractivity contribution is 0.462. The number of thiazole rings is 1. The van der Waals surface area contributed by atoms with Gasteiger partial charge in [-0.2, -0.15) is 4.31 Å². The molecule has 7 heteroatoms. The van der Waals surface area contributed by atoms with E-state index in [9.17, 15) is 8.42 Å². The number of hydrogen-bond acceptors (Lipinski definition) is 5. The number of nitrogens with two attached hydrogens (primary N) is 1. The summed E-state index contributed by atoms with van der Waals surface area (Å²) in [6, 6.07) is 0. The summed E-state index contributed by atoms with van der Waals surface area (Å²) in [6.07, 6.45) is 0.490. The van der Waals surface area contributed by atoms with Crippen LogP contribution in [0.2, 0.25) is 0 Å². The van der Waals surface area contributed by atoms with Crippen LogP contribution in [0.15, 0.2) is 10.9 Å². The molecule has 1 aromatic heterocycles. The summed E-state index contributed by atoms with van der Waals surface area (Å²) in [5.74, 6) is 0.101. The molecule has 0 radical (unpaired) electrons. The number of rotatable bonds is 6. The molecule has 0 bridgehead atoms. The van der Waals surface area contributed by atoms with Crippen molar-refractivity contribution in [2.24, 2.45) is 5.73 Å². The quantitative estimate of drug-likeness (QED) is 0.784. The topological polar surface area (TPSA) is 76.3 Å². The van der Waals surface area contributed by atoms with Gasteiger partial charge < -0.3 is 5.73 Å². The minimum Gasteiger partial charge on any atom is -0.330 e. The standard InChI is InChI=1S/C8H15N3O2S2/c1-11(5-8-6-14-7-10-8)15(12,13)4-2-3-9/h6-7H,2-5,9H2,1H3. The first-order valence-electron chi connectivity index (χ1n) is 4.57. The van der Waals surface area contributed by atoms with E-state index in [2.05, 4.69) is 4.98 Å². The van der Waals surface area contributed by atoms with Crippen LogP contribution < -0.4 is 5.73 Å². The molecule has 86 valence electrons. The maximum absolute atomic E-state index is 11.7. The molecule has 1 aromatic rings. The smallest absolute Gasteiger partial charge is 0.214 e. The fourth-order valence-electron chi connectivity index (χ4n) is 1.06. The molecular formula is C8H15N3O2S2. The van der Waals surface area contributed by atoms with E-state index in [1.54, 1.807) is 12.6 Å². The first kappa shape index (κ1) is 12.6. The lowest BCUT2D eigenvalue weighted by atomic mass is 10.5. The molecule has 0 atom stereocenters. The van der Waals surface area contributed by atoms with E-state index < -0.39 is 10.0 Å². The second-order valence-electron chi connectivity index (χ2n) is 3.19. The van der Waals surface area contributed by atoms with Gasteiger partial charge in [-0.25, -0.2) is 13.4 Å². The zero-order valence-corrected chi connectivity index (χ0v) is 10.2. The Morgan fingerprint density at radius 3 is 2.87 bits per heavy atom. The minimum absolute atomic E-state index is 0.101. The average Bonchev–Trinajstić information content (AvgIpc) is 2.67. The molecule has 0 unspecified atom stereocenters. The molecule has 15 heavy (non-hydrogen) atoms. The molecule has 0 aromatic carbocycles.